The fourth-order valence-corrected chi connectivity index (χ4v) is 4.09. The molecule has 4 rings (SSSR count). The van der Waals surface area contributed by atoms with E-state index < -0.39 is 0 Å². The Hall–Kier alpha value is -2.53. The lowest BCUT2D eigenvalue weighted by atomic mass is 9.90. The van der Waals surface area contributed by atoms with Crippen LogP contribution in [0.5, 0.6) is 5.75 Å². The fourth-order valence-electron chi connectivity index (χ4n) is 3.91. The average molecular weight is 385 g/mol. The van der Waals surface area contributed by atoms with Crippen molar-refractivity contribution >= 4 is 23.4 Å². The van der Waals surface area contributed by atoms with E-state index in [9.17, 15) is 9.59 Å². The standard InChI is InChI=1S/C21H21ClN2O3/c1-27-17-6-2-14(3-7-17)10-20(25)23-12-19-18-11-16(22)5-4-15(18)8-9-24(19)21(26)13-23/h2-7,11,19H,8-10,12-13H2,1H3. The molecule has 2 heterocycles. The van der Waals surface area contributed by atoms with Gasteiger partial charge in [0.05, 0.1) is 26.1 Å². The van der Waals surface area contributed by atoms with Crippen molar-refractivity contribution in [3.63, 3.8) is 0 Å². The Balaban J connectivity index is 1.53. The summed E-state index contributed by atoms with van der Waals surface area (Å²) in [5.41, 5.74) is 3.17. The predicted octanol–water partition coefficient (Wildman–Crippen LogP) is 2.86. The van der Waals surface area contributed by atoms with Gasteiger partial charge in [-0.15, -0.1) is 0 Å². The normalized spacial score (nSPS) is 18.7. The van der Waals surface area contributed by atoms with E-state index in [-0.39, 0.29) is 30.8 Å². The fraction of sp³-hybridized carbons (Fsp3) is 0.333. The van der Waals surface area contributed by atoms with Gasteiger partial charge in [-0.25, -0.2) is 0 Å². The quantitative estimate of drug-likeness (QED) is 0.817. The molecule has 2 aromatic carbocycles. The molecule has 1 atom stereocenters. The van der Waals surface area contributed by atoms with Gasteiger partial charge in [0.1, 0.15) is 5.75 Å². The van der Waals surface area contributed by atoms with E-state index in [1.54, 1.807) is 12.0 Å². The second kappa shape index (κ2) is 7.24. The van der Waals surface area contributed by atoms with Gasteiger partial charge in [0, 0.05) is 18.1 Å². The lowest BCUT2D eigenvalue weighted by molar-refractivity contribution is -0.149. The number of hydrogen-bond acceptors (Lipinski definition) is 3. The predicted molar refractivity (Wildman–Crippen MR) is 103 cm³/mol. The van der Waals surface area contributed by atoms with Crippen LogP contribution in [0.15, 0.2) is 42.5 Å². The maximum atomic E-state index is 12.8. The van der Waals surface area contributed by atoms with Gasteiger partial charge in [0.2, 0.25) is 11.8 Å². The maximum absolute atomic E-state index is 12.8. The average Bonchev–Trinajstić information content (AvgIpc) is 2.68. The van der Waals surface area contributed by atoms with Crippen molar-refractivity contribution in [3.05, 3.63) is 64.2 Å². The Kier molecular flexibility index (Phi) is 4.79. The molecule has 0 spiro atoms. The van der Waals surface area contributed by atoms with E-state index in [1.807, 2.05) is 47.4 Å². The van der Waals surface area contributed by atoms with Gasteiger partial charge in [-0.1, -0.05) is 29.8 Å². The summed E-state index contributed by atoms with van der Waals surface area (Å²) >= 11 is 6.18. The number of nitrogens with zero attached hydrogens (tertiary/aromatic N) is 2. The zero-order valence-electron chi connectivity index (χ0n) is 15.2. The molecule has 2 aromatic rings. The molecule has 5 nitrogen and oxygen atoms in total. The summed E-state index contributed by atoms with van der Waals surface area (Å²) in [6.07, 6.45) is 1.10. The summed E-state index contributed by atoms with van der Waals surface area (Å²) in [6.45, 7) is 1.34. The Morgan fingerprint density at radius 2 is 2.00 bits per heavy atom. The molecule has 2 aliphatic rings. The number of halogens is 1. The summed E-state index contributed by atoms with van der Waals surface area (Å²) in [4.78, 5) is 29.0. The highest BCUT2D eigenvalue weighted by Gasteiger charge is 2.38. The molecule has 0 aliphatic carbocycles. The molecule has 1 unspecified atom stereocenters. The lowest BCUT2D eigenvalue weighted by Crippen LogP contribution is -2.56. The zero-order valence-corrected chi connectivity index (χ0v) is 15.9. The number of rotatable bonds is 3. The Morgan fingerprint density at radius 3 is 2.74 bits per heavy atom. The monoisotopic (exact) mass is 384 g/mol. The van der Waals surface area contributed by atoms with E-state index in [4.69, 9.17) is 16.3 Å². The first-order valence-corrected chi connectivity index (χ1v) is 9.41. The molecule has 1 fully saturated rings. The summed E-state index contributed by atoms with van der Waals surface area (Å²) < 4.78 is 5.15. The lowest BCUT2D eigenvalue weighted by Gasteiger charge is -2.44. The number of carbonyl (C=O) groups excluding carboxylic acids is 2. The number of ether oxygens (including phenoxy) is 1. The van der Waals surface area contributed by atoms with Gasteiger partial charge in [-0.3, -0.25) is 9.59 Å². The summed E-state index contributed by atoms with van der Waals surface area (Å²) in [6, 6.07) is 13.2. The largest absolute Gasteiger partial charge is 0.497 e. The number of carbonyl (C=O) groups is 2. The molecule has 140 valence electrons. The van der Waals surface area contributed by atoms with E-state index in [0.717, 1.165) is 23.3 Å². The topological polar surface area (TPSA) is 49.9 Å². The van der Waals surface area contributed by atoms with Crippen LogP contribution in [-0.4, -0.2) is 48.4 Å². The van der Waals surface area contributed by atoms with Gasteiger partial charge in [0.25, 0.3) is 0 Å². The van der Waals surface area contributed by atoms with Gasteiger partial charge >= 0.3 is 0 Å². The van der Waals surface area contributed by atoms with E-state index in [1.165, 1.54) is 5.56 Å². The highest BCUT2D eigenvalue weighted by atomic mass is 35.5. The second-order valence-electron chi connectivity index (χ2n) is 7.00. The number of benzene rings is 2. The van der Waals surface area contributed by atoms with Crippen molar-refractivity contribution in [2.45, 2.75) is 18.9 Å². The van der Waals surface area contributed by atoms with E-state index >= 15 is 0 Å². The van der Waals surface area contributed by atoms with Crippen LogP contribution in [-0.2, 0) is 22.4 Å². The molecule has 1 saturated heterocycles. The molecule has 0 aromatic heterocycles. The van der Waals surface area contributed by atoms with E-state index in [0.29, 0.717) is 18.1 Å². The Morgan fingerprint density at radius 1 is 1.22 bits per heavy atom. The van der Waals surface area contributed by atoms with Crippen molar-refractivity contribution in [3.8, 4) is 5.75 Å². The van der Waals surface area contributed by atoms with Crippen LogP contribution in [0, 0.1) is 0 Å². The van der Waals surface area contributed by atoms with Crippen molar-refractivity contribution in [1.29, 1.82) is 0 Å². The first-order chi connectivity index (χ1) is 13.0. The molecule has 0 bridgehead atoms. The molecule has 27 heavy (non-hydrogen) atoms. The Bertz CT molecular complexity index is 881. The van der Waals surface area contributed by atoms with Crippen LogP contribution in [0.3, 0.4) is 0 Å². The molecular formula is C21H21ClN2O3. The molecule has 0 saturated carbocycles. The first kappa shape index (κ1) is 17.9. The second-order valence-corrected chi connectivity index (χ2v) is 7.43. The molecule has 6 heteroatoms. The van der Waals surface area contributed by atoms with Crippen LogP contribution in [0.25, 0.3) is 0 Å². The van der Waals surface area contributed by atoms with Crippen molar-refractivity contribution in [2.75, 3.05) is 26.7 Å². The minimum Gasteiger partial charge on any atom is -0.497 e. The smallest absolute Gasteiger partial charge is 0.242 e. The van der Waals surface area contributed by atoms with Gasteiger partial charge in [-0.05, 0) is 47.4 Å². The number of piperazine rings is 1. The van der Waals surface area contributed by atoms with E-state index in [2.05, 4.69) is 0 Å². The molecule has 0 N–H and O–H groups in total. The third-order valence-electron chi connectivity index (χ3n) is 5.37. The third kappa shape index (κ3) is 3.52. The highest BCUT2D eigenvalue weighted by molar-refractivity contribution is 6.30. The Labute approximate surface area is 163 Å². The summed E-state index contributed by atoms with van der Waals surface area (Å²) in [7, 11) is 1.61. The zero-order chi connectivity index (χ0) is 19.0. The van der Waals surface area contributed by atoms with Crippen LogP contribution >= 0.6 is 11.6 Å². The number of methoxy groups -OCH3 is 1. The SMILES string of the molecule is COc1ccc(CC(=O)N2CC(=O)N3CCc4ccc(Cl)cc4C3C2)cc1. The van der Waals surface area contributed by atoms with Crippen molar-refractivity contribution in [2.24, 2.45) is 0 Å². The van der Waals surface area contributed by atoms with Crippen molar-refractivity contribution < 1.29 is 14.3 Å². The minimum absolute atomic E-state index is 0.0000403. The van der Waals surface area contributed by atoms with Crippen LogP contribution in [0.4, 0.5) is 0 Å². The van der Waals surface area contributed by atoms with Gasteiger partial charge in [0.15, 0.2) is 0 Å². The first-order valence-electron chi connectivity index (χ1n) is 9.03. The summed E-state index contributed by atoms with van der Waals surface area (Å²) in [5, 5.41) is 0.657. The van der Waals surface area contributed by atoms with Crippen LogP contribution in [0.2, 0.25) is 5.02 Å². The number of amides is 2. The molecular weight excluding hydrogens is 364 g/mol. The number of hydrogen-bond donors (Lipinski definition) is 0. The maximum Gasteiger partial charge on any atom is 0.242 e. The van der Waals surface area contributed by atoms with Crippen LogP contribution < -0.4 is 4.74 Å². The molecule has 2 aliphatic heterocycles. The van der Waals surface area contributed by atoms with Gasteiger partial charge in [-0.2, -0.15) is 0 Å². The minimum atomic E-state index is -0.117. The molecule has 2 amide bonds. The van der Waals surface area contributed by atoms with Crippen LogP contribution in [0.1, 0.15) is 22.7 Å². The summed E-state index contributed by atoms with van der Waals surface area (Å²) in [5.74, 6) is 0.716. The highest BCUT2D eigenvalue weighted by Crippen LogP contribution is 2.34. The molecule has 0 radical (unpaired) electrons. The van der Waals surface area contributed by atoms with Crippen molar-refractivity contribution in [1.82, 2.24) is 9.80 Å². The number of fused-ring (bicyclic) bond motifs is 3. The van der Waals surface area contributed by atoms with Gasteiger partial charge < -0.3 is 14.5 Å². The third-order valence-corrected chi connectivity index (χ3v) is 5.61.